The van der Waals surface area contributed by atoms with Crippen molar-refractivity contribution in [1.29, 1.82) is 0 Å². The minimum Gasteiger partial charge on any atom is -0.462 e. The molecule has 1 N–H and O–H groups in total. The third-order valence-electron chi connectivity index (χ3n) is 4.80. The molecular weight excluding hydrogens is 446 g/mol. The van der Waals surface area contributed by atoms with Crippen LogP contribution in [0.15, 0.2) is 65.8 Å². The standard InChI is InChI=1S/C23H25N3O6S/c1-3-32-23(28)17-7-9-19(10-8-17)25-22(27)16-26(13-14-31-2)33(29,30)21-6-4-5-18-15-24-12-11-20(18)21/h4-12,15H,3,13-14,16H2,1-2H3,(H,25,27). The Balaban J connectivity index is 1.80. The molecule has 3 rings (SSSR count). The molecule has 0 fully saturated rings. The second-order valence-corrected chi connectivity index (χ2v) is 8.94. The summed E-state index contributed by atoms with van der Waals surface area (Å²) in [6, 6.07) is 12.7. The number of fused-ring (bicyclic) bond motifs is 1. The summed E-state index contributed by atoms with van der Waals surface area (Å²) in [4.78, 5) is 28.6. The minimum absolute atomic E-state index is 0.00444. The highest BCUT2D eigenvalue weighted by atomic mass is 32.2. The van der Waals surface area contributed by atoms with E-state index in [0.717, 1.165) is 4.31 Å². The summed E-state index contributed by atoms with van der Waals surface area (Å²) in [5.41, 5.74) is 0.776. The average molecular weight is 472 g/mol. The highest BCUT2D eigenvalue weighted by molar-refractivity contribution is 7.89. The van der Waals surface area contributed by atoms with E-state index in [1.54, 1.807) is 43.5 Å². The average Bonchev–Trinajstić information content (AvgIpc) is 2.81. The summed E-state index contributed by atoms with van der Waals surface area (Å²) < 4.78 is 37.9. The Bertz CT molecular complexity index is 1220. The van der Waals surface area contributed by atoms with Gasteiger partial charge in [-0.05, 0) is 43.3 Å². The van der Waals surface area contributed by atoms with Gasteiger partial charge in [0.05, 0.1) is 30.2 Å². The molecule has 0 aliphatic rings. The molecular formula is C23H25N3O6S. The van der Waals surface area contributed by atoms with E-state index < -0.39 is 28.4 Å². The van der Waals surface area contributed by atoms with Crippen LogP contribution in [0.25, 0.3) is 10.8 Å². The number of amides is 1. The summed E-state index contributed by atoms with van der Waals surface area (Å²) in [5, 5.41) is 3.86. The SMILES string of the molecule is CCOC(=O)c1ccc(NC(=O)CN(CCOC)S(=O)(=O)c2cccc3cnccc23)cc1. The van der Waals surface area contributed by atoms with Gasteiger partial charge in [-0.3, -0.25) is 9.78 Å². The van der Waals surface area contributed by atoms with Gasteiger partial charge in [-0.25, -0.2) is 13.2 Å². The lowest BCUT2D eigenvalue weighted by Gasteiger charge is -2.22. The van der Waals surface area contributed by atoms with E-state index in [0.29, 0.717) is 22.0 Å². The van der Waals surface area contributed by atoms with Crippen LogP contribution < -0.4 is 5.32 Å². The molecule has 3 aromatic rings. The van der Waals surface area contributed by atoms with Crippen molar-refractivity contribution >= 4 is 38.4 Å². The van der Waals surface area contributed by atoms with Gasteiger partial charge in [-0.2, -0.15) is 4.31 Å². The zero-order valence-electron chi connectivity index (χ0n) is 18.4. The first-order valence-corrected chi connectivity index (χ1v) is 11.7. The molecule has 0 spiro atoms. The molecule has 0 radical (unpaired) electrons. The quantitative estimate of drug-likeness (QED) is 0.452. The number of hydrogen-bond donors (Lipinski definition) is 1. The van der Waals surface area contributed by atoms with Crippen molar-refractivity contribution < 1.29 is 27.5 Å². The van der Waals surface area contributed by atoms with E-state index in [4.69, 9.17) is 9.47 Å². The smallest absolute Gasteiger partial charge is 0.338 e. The number of sulfonamides is 1. The lowest BCUT2D eigenvalue weighted by Crippen LogP contribution is -2.40. The summed E-state index contributed by atoms with van der Waals surface area (Å²) in [7, 11) is -2.55. The van der Waals surface area contributed by atoms with Crippen LogP contribution in [-0.2, 0) is 24.3 Å². The molecule has 33 heavy (non-hydrogen) atoms. The third-order valence-corrected chi connectivity index (χ3v) is 6.71. The second kappa shape index (κ2) is 11.0. The Labute approximate surface area is 192 Å². The summed E-state index contributed by atoms with van der Waals surface area (Å²) in [5.74, 6) is -0.988. The van der Waals surface area contributed by atoms with Gasteiger partial charge < -0.3 is 14.8 Å². The van der Waals surface area contributed by atoms with Crippen molar-refractivity contribution in [2.75, 3.05) is 38.7 Å². The molecule has 1 heterocycles. The normalized spacial score (nSPS) is 11.5. The molecule has 2 aromatic carbocycles. The van der Waals surface area contributed by atoms with Gasteiger partial charge in [0.2, 0.25) is 15.9 Å². The number of nitrogens with zero attached hydrogens (tertiary/aromatic N) is 2. The van der Waals surface area contributed by atoms with Crippen molar-refractivity contribution in [1.82, 2.24) is 9.29 Å². The van der Waals surface area contributed by atoms with Crippen LogP contribution in [-0.4, -0.2) is 63.0 Å². The van der Waals surface area contributed by atoms with Crippen molar-refractivity contribution in [3.05, 3.63) is 66.5 Å². The van der Waals surface area contributed by atoms with Crippen LogP contribution in [0.3, 0.4) is 0 Å². The van der Waals surface area contributed by atoms with Crippen molar-refractivity contribution in [3.63, 3.8) is 0 Å². The number of ether oxygens (including phenoxy) is 2. The summed E-state index contributed by atoms with van der Waals surface area (Å²) in [6.07, 6.45) is 3.11. The Morgan fingerprint density at radius 2 is 1.85 bits per heavy atom. The summed E-state index contributed by atoms with van der Waals surface area (Å²) in [6.45, 7) is 1.68. The van der Waals surface area contributed by atoms with E-state index in [1.807, 2.05) is 0 Å². The number of carbonyl (C=O) groups excluding carboxylic acids is 2. The minimum atomic E-state index is -4.01. The molecule has 0 saturated carbocycles. The van der Waals surface area contributed by atoms with E-state index in [2.05, 4.69) is 10.3 Å². The first-order chi connectivity index (χ1) is 15.9. The lowest BCUT2D eigenvalue weighted by atomic mass is 10.2. The molecule has 9 nitrogen and oxygen atoms in total. The number of esters is 1. The predicted octanol–water partition coefficient (Wildman–Crippen LogP) is 2.69. The highest BCUT2D eigenvalue weighted by Gasteiger charge is 2.28. The second-order valence-electron chi connectivity index (χ2n) is 7.03. The fraction of sp³-hybridized carbons (Fsp3) is 0.261. The van der Waals surface area contributed by atoms with Crippen LogP contribution in [0.2, 0.25) is 0 Å². The molecule has 1 amide bonds. The van der Waals surface area contributed by atoms with Gasteiger partial charge in [0.25, 0.3) is 0 Å². The lowest BCUT2D eigenvalue weighted by molar-refractivity contribution is -0.116. The Morgan fingerprint density at radius 1 is 1.09 bits per heavy atom. The molecule has 1 aromatic heterocycles. The van der Waals surface area contributed by atoms with Gasteiger partial charge in [-0.1, -0.05) is 12.1 Å². The van der Waals surface area contributed by atoms with Crippen LogP contribution >= 0.6 is 0 Å². The van der Waals surface area contributed by atoms with Crippen LogP contribution in [0.1, 0.15) is 17.3 Å². The van der Waals surface area contributed by atoms with Gasteiger partial charge in [0.15, 0.2) is 0 Å². The topological polar surface area (TPSA) is 115 Å². The summed E-state index contributed by atoms with van der Waals surface area (Å²) >= 11 is 0. The maximum Gasteiger partial charge on any atom is 0.338 e. The van der Waals surface area contributed by atoms with Crippen molar-refractivity contribution in [3.8, 4) is 0 Å². The predicted molar refractivity (Wildman–Crippen MR) is 123 cm³/mol. The van der Waals surface area contributed by atoms with Gasteiger partial charge in [0, 0.05) is 42.5 Å². The first-order valence-electron chi connectivity index (χ1n) is 10.3. The molecule has 0 saturated heterocycles. The maximum absolute atomic E-state index is 13.4. The molecule has 0 aliphatic carbocycles. The molecule has 0 atom stereocenters. The largest absolute Gasteiger partial charge is 0.462 e. The van der Waals surface area contributed by atoms with Crippen LogP contribution in [0, 0.1) is 0 Å². The Kier molecular flexibility index (Phi) is 8.10. The molecule has 174 valence electrons. The number of benzene rings is 2. The van der Waals surface area contributed by atoms with Gasteiger partial charge >= 0.3 is 5.97 Å². The number of methoxy groups -OCH3 is 1. The molecule has 0 bridgehead atoms. The van der Waals surface area contributed by atoms with E-state index in [9.17, 15) is 18.0 Å². The van der Waals surface area contributed by atoms with Crippen LogP contribution in [0.5, 0.6) is 0 Å². The Hall–Kier alpha value is -3.34. The van der Waals surface area contributed by atoms with E-state index >= 15 is 0 Å². The fourth-order valence-corrected chi connectivity index (χ4v) is 4.79. The first kappa shape index (κ1) is 24.3. The number of hydrogen-bond acceptors (Lipinski definition) is 7. The van der Waals surface area contributed by atoms with Crippen molar-refractivity contribution in [2.45, 2.75) is 11.8 Å². The monoisotopic (exact) mass is 471 g/mol. The number of nitrogens with one attached hydrogen (secondary N) is 1. The van der Waals surface area contributed by atoms with Crippen molar-refractivity contribution in [2.24, 2.45) is 0 Å². The van der Waals surface area contributed by atoms with Gasteiger partial charge in [0.1, 0.15) is 0 Å². The fourth-order valence-electron chi connectivity index (χ4n) is 3.20. The van der Waals surface area contributed by atoms with E-state index in [-0.39, 0.29) is 24.7 Å². The number of rotatable bonds is 10. The van der Waals surface area contributed by atoms with Crippen LogP contribution in [0.4, 0.5) is 5.69 Å². The maximum atomic E-state index is 13.4. The van der Waals surface area contributed by atoms with E-state index in [1.165, 1.54) is 31.5 Å². The number of aromatic nitrogens is 1. The molecule has 0 aliphatic heterocycles. The number of carbonyl (C=O) groups is 2. The zero-order valence-corrected chi connectivity index (χ0v) is 19.2. The highest BCUT2D eigenvalue weighted by Crippen LogP contribution is 2.25. The zero-order chi connectivity index (χ0) is 23.8. The molecule has 10 heteroatoms. The van der Waals surface area contributed by atoms with Gasteiger partial charge in [-0.15, -0.1) is 0 Å². The molecule has 0 unspecified atom stereocenters. The third kappa shape index (κ3) is 5.92. The number of pyridine rings is 1. The Morgan fingerprint density at radius 3 is 2.55 bits per heavy atom. The number of anilines is 1.